The number of carbonyl (C=O) groups is 2. The molecule has 2 aromatic rings. The lowest BCUT2D eigenvalue weighted by Gasteiger charge is -2.26. The summed E-state index contributed by atoms with van der Waals surface area (Å²) in [6.07, 6.45) is 0.567. The van der Waals surface area contributed by atoms with Gasteiger partial charge in [-0.25, -0.2) is 9.37 Å². The molecule has 1 saturated heterocycles. The summed E-state index contributed by atoms with van der Waals surface area (Å²) >= 11 is 1.21. The van der Waals surface area contributed by atoms with Gasteiger partial charge in [-0.05, 0) is 37.1 Å². The maximum atomic E-state index is 13.5. The summed E-state index contributed by atoms with van der Waals surface area (Å²) in [7, 11) is 0. The van der Waals surface area contributed by atoms with Crippen LogP contribution in [0.15, 0.2) is 18.2 Å². The fraction of sp³-hybridized carbons (Fsp3) is 0.421. The van der Waals surface area contributed by atoms with Gasteiger partial charge in [0.2, 0.25) is 5.91 Å². The molecule has 7 nitrogen and oxygen atoms in total. The minimum absolute atomic E-state index is 0.0275. The molecule has 3 heterocycles. The second-order valence-corrected chi connectivity index (χ2v) is 7.98. The van der Waals surface area contributed by atoms with E-state index in [1.807, 2.05) is 11.8 Å². The molecule has 0 spiro atoms. The number of morpholine rings is 1. The number of ether oxygens (including phenoxy) is 1. The van der Waals surface area contributed by atoms with Gasteiger partial charge in [0.15, 0.2) is 5.13 Å². The van der Waals surface area contributed by atoms with E-state index in [4.69, 9.17) is 10.5 Å². The first kappa shape index (κ1) is 18.8. The fourth-order valence-corrected chi connectivity index (χ4v) is 4.74. The Bertz CT molecular complexity index is 926. The number of aromatic nitrogens is 1. The highest BCUT2D eigenvalue weighted by Crippen LogP contribution is 2.34. The van der Waals surface area contributed by atoms with Crippen molar-refractivity contribution in [1.29, 1.82) is 0 Å². The molecule has 9 heteroatoms. The molecule has 0 saturated carbocycles. The quantitative estimate of drug-likeness (QED) is 0.839. The van der Waals surface area contributed by atoms with Crippen molar-refractivity contribution >= 4 is 34.0 Å². The first-order valence-electron chi connectivity index (χ1n) is 9.16. The zero-order chi connectivity index (χ0) is 19.8. The van der Waals surface area contributed by atoms with Gasteiger partial charge in [0.1, 0.15) is 10.7 Å². The number of anilines is 2. The van der Waals surface area contributed by atoms with Crippen molar-refractivity contribution in [3.63, 3.8) is 0 Å². The van der Waals surface area contributed by atoms with E-state index in [-0.39, 0.29) is 24.2 Å². The van der Waals surface area contributed by atoms with Crippen LogP contribution in [0.25, 0.3) is 0 Å². The van der Waals surface area contributed by atoms with Gasteiger partial charge >= 0.3 is 0 Å². The maximum Gasteiger partial charge on any atom is 0.260 e. The fourth-order valence-electron chi connectivity index (χ4n) is 3.75. The van der Waals surface area contributed by atoms with Crippen LogP contribution in [0.3, 0.4) is 0 Å². The summed E-state index contributed by atoms with van der Waals surface area (Å²) in [6.45, 7) is 4.48. The van der Waals surface area contributed by atoms with Crippen molar-refractivity contribution in [3.8, 4) is 0 Å². The molecule has 0 bridgehead atoms. The van der Waals surface area contributed by atoms with E-state index >= 15 is 0 Å². The van der Waals surface area contributed by atoms with Crippen LogP contribution in [-0.2, 0) is 22.4 Å². The van der Waals surface area contributed by atoms with Crippen molar-refractivity contribution in [3.05, 3.63) is 40.2 Å². The van der Waals surface area contributed by atoms with Crippen LogP contribution in [-0.4, -0.2) is 49.1 Å². The monoisotopic (exact) mass is 404 g/mol. The normalized spacial score (nSPS) is 19.0. The Hall–Kier alpha value is -2.52. The smallest absolute Gasteiger partial charge is 0.260 e. The number of nitrogens with two attached hydrogens (primary N) is 1. The molecule has 2 N–H and O–H groups in total. The molecule has 148 valence electrons. The number of halogens is 1. The van der Waals surface area contributed by atoms with Gasteiger partial charge < -0.3 is 20.3 Å². The molecular weight excluding hydrogens is 383 g/mol. The highest BCUT2D eigenvalue weighted by Gasteiger charge is 2.32. The molecule has 2 aliphatic rings. The molecule has 1 aromatic carbocycles. The zero-order valence-corrected chi connectivity index (χ0v) is 16.3. The highest BCUT2D eigenvalue weighted by molar-refractivity contribution is 7.17. The van der Waals surface area contributed by atoms with Crippen LogP contribution in [0.1, 0.15) is 27.9 Å². The van der Waals surface area contributed by atoms with E-state index in [2.05, 4.69) is 4.98 Å². The molecule has 4 rings (SSSR count). The van der Waals surface area contributed by atoms with Crippen LogP contribution >= 0.6 is 11.3 Å². The van der Waals surface area contributed by atoms with Crippen LogP contribution in [0.4, 0.5) is 15.2 Å². The summed E-state index contributed by atoms with van der Waals surface area (Å²) in [4.78, 5) is 33.5. The van der Waals surface area contributed by atoms with Crippen molar-refractivity contribution in [2.45, 2.75) is 25.8 Å². The number of nitrogens with zero attached hydrogens (tertiary/aromatic N) is 3. The number of hydrogen-bond acceptors (Lipinski definition) is 6. The Kier molecular flexibility index (Phi) is 5.03. The number of fused-ring (bicyclic) bond motifs is 1. The Morgan fingerprint density at radius 1 is 1.36 bits per heavy atom. The minimum Gasteiger partial charge on any atom is -0.378 e. The molecule has 0 aliphatic carbocycles. The number of carbonyl (C=O) groups excluding carboxylic acids is 2. The predicted molar refractivity (Wildman–Crippen MR) is 104 cm³/mol. The van der Waals surface area contributed by atoms with E-state index in [1.165, 1.54) is 23.5 Å². The lowest BCUT2D eigenvalue weighted by atomic mass is 10.1. The number of primary amides is 1. The van der Waals surface area contributed by atoms with E-state index in [0.717, 1.165) is 5.56 Å². The maximum absolute atomic E-state index is 13.5. The average molecular weight is 404 g/mol. The molecule has 0 unspecified atom stereocenters. The summed E-state index contributed by atoms with van der Waals surface area (Å²) in [5.74, 6) is -1.08. The lowest BCUT2D eigenvalue weighted by Crippen LogP contribution is -2.37. The summed E-state index contributed by atoms with van der Waals surface area (Å²) in [6, 6.07) is 4.36. The highest BCUT2D eigenvalue weighted by atomic mass is 32.1. The summed E-state index contributed by atoms with van der Waals surface area (Å²) in [5.41, 5.74) is 7.44. The number of hydrogen-bond donors (Lipinski definition) is 1. The Morgan fingerprint density at radius 2 is 2.11 bits per heavy atom. The van der Waals surface area contributed by atoms with Crippen LogP contribution in [0, 0.1) is 5.82 Å². The third-order valence-corrected chi connectivity index (χ3v) is 6.21. The lowest BCUT2D eigenvalue weighted by molar-refractivity contribution is -0.118. The van der Waals surface area contributed by atoms with E-state index in [0.29, 0.717) is 54.1 Å². The van der Waals surface area contributed by atoms with Crippen LogP contribution in [0.2, 0.25) is 0 Å². The standard InChI is InChI=1S/C19H21FN4O3S/c1-11-8-12-9-13(20)2-3-15(12)24(11)16(25)10-14-17(18(21)26)28-19(22-14)23-4-6-27-7-5-23/h2-3,9,11H,4-8,10H2,1H3,(H2,21,26)/t11-/m0/s1. The largest absolute Gasteiger partial charge is 0.378 e. The first-order valence-corrected chi connectivity index (χ1v) is 9.98. The zero-order valence-electron chi connectivity index (χ0n) is 15.5. The van der Waals surface area contributed by atoms with Gasteiger partial charge in [-0.2, -0.15) is 0 Å². The van der Waals surface area contributed by atoms with Gasteiger partial charge in [0.25, 0.3) is 5.91 Å². The Morgan fingerprint density at radius 3 is 2.82 bits per heavy atom. The number of thiazole rings is 1. The average Bonchev–Trinajstić information content (AvgIpc) is 3.22. The third-order valence-electron chi connectivity index (χ3n) is 5.04. The molecule has 1 fully saturated rings. The molecule has 2 amide bonds. The Balaban J connectivity index is 1.59. The van der Waals surface area contributed by atoms with Gasteiger partial charge in [-0.1, -0.05) is 11.3 Å². The molecule has 1 aromatic heterocycles. The van der Waals surface area contributed by atoms with Gasteiger partial charge in [-0.15, -0.1) is 0 Å². The van der Waals surface area contributed by atoms with E-state index in [1.54, 1.807) is 11.0 Å². The second kappa shape index (κ2) is 7.48. The third kappa shape index (κ3) is 3.47. The predicted octanol–water partition coefficient (Wildman–Crippen LogP) is 1.74. The molecule has 1 atom stereocenters. The van der Waals surface area contributed by atoms with Crippen molar-refractivity contribution in [2.75, 3.05) is 36.1 Å². The van der Waals surface area contributed by atoms with Gasteiger partial charge in [0.05, 0.1) is 25.3 Å². The number of benzene rings is 1. The van der Waals surface area contributed by atoms with Crippen molar-refractivity contribution < 1.29 is 18.7 Å². The van der Waals surface area contributed by atoms with Crippen LogP contribution in [0.5, 0.6) is 0 Å². The SMILES string of the molecule is C[C@H]1Cc2cc(F)ccc2N1C(=O)Cc1nc(N2CCOCC2)sc1C(N)=O. The molecule has 28 heavy (non-hydrogen) atoms. The van der Waals surface area contributed by atoms with E-state index < -0.39 is 5.91 Å². The van der Waals surface area contributed by atoms with Crippen molar-refractivity contribution in [1.82, 2.24) is 4.98 Å². The number of rotatable bonds is 4. The second-order valence-electron chi connectivity index (χ2n) is 7.00. The first-order chi connectivity index (χ1) is 13.4. The Labute approximate surface area is 165 Å². The van der Waals surface area contributed by atoms with E-state index in [9.17, 15) is 14.0 Å². The van der Waals surface area contributed by atoms with Gasteiger partial charge in [-0.3, -0.25) is 9.59 Å². The van der Waals surface area contributed by atoms with Crippen molar-refractivity contribution in [2.24, 2.45) is 5.73 Å². The van der Waals surface area contributed by atoms with Crippen LogP contribution < -0.4 is 15.5 Å². The number of amides is 2. The minimum atomic E-state index is -0.586. The molecular formula is C19H21FN4O3S. The van der Waals surface area contributed by atoms with Gasteiger partial charge in [0, 0.05) is 24.8 Å². The summed E-state index contributed by atoms with van der Waals surface area (Å²) in [5, 5.41) is 0.678. The summed E-state index contributed by atoms with van der Waals surface area (Å²) < 4.78 is 18.9. The topological polar surface area (TPSA) is 88.8 Å². The molecule has 0 radical (unpaired) electrons. The molecule has 2 aliphatic heterocycles.